The summed E-state index contributed by atoms with van der Waals surface area (Å²) >= 11 is 0. The second kappa shape index (κ2) is 18.5. The van der Waals surface area contributed by atoms with E-state index in [4.69, 9.17) is 15.9 Å². The number of nitrogens with zero attached hydrogens (tertiary/aromatic N) is 1. The molecule has 4 amide bonds. The molecule has 0 aliphatic rings. The lowest BCUT2D eigenvalue weighted by Gasteiger charge is -2.26. The molecule has 0 fully saturated rings. The van der Waals surface area contributed by atoms with Gasteiger partial charge in [0.25, 0.3) is 0 Å². The number of likely N-dealkylation sites (N-methyl/N-ethyl adjacent to an activating group) is 1. The standard InChI is InChI=1S/C31H43N7O5/c1-22(2)26(19-35-27(39)17-16-23-11-6-4-7-12-23)36-28(40)20-38(3)29(41)25(15-10-18-34-30(32)33)37-31(42)43-21-24-13-8-5-9-14-24/h4-9,11-14,16-17,22,25-26H,10,15,18-21H2,1-3H3,(H,35,39)(H,36,40)(H,37,42)(H4,32,33,34)/b17-16+. The first-order chi connectivity index (χ1) is 20.5. The number of rotatable bonds is 16. The van der Waals surface area contributed by atoms with Crippen LogP contribution in [0.2, 0.25) is 0 Å². The Balaban J connectivity index is 1.92. The van der Waals surface area contributed by atoms with Crippen molar-refractivity contribution in [3.05, 3.63) is 77.9 Å². The van der Waals surface area contributed by atoms with E-state index in [9.17, 15) is 19.2 Å². The molecule has 0 aliphatic carbocycles. The van der Waals surface area contributed by atoms with Crippen LogP contribution in [0.3, 0.4) is 0 Å². The number of benzene rings is 2. The minimum atomic E-state index is -0.966. The van der Waals surface area contributed by atoms with Gasteiger partial charge in [-0.3, -0.25) is 19.8 Å². The molecule has 2 aromatic rings. The molecule has 0 bridgehead atoms. The van der Waals surface area contributed by atoms with Gasteiger partial charge in [-0.2, -0.15) is 0 Å². The van der Waals surface area contributed by atoms with Crippen LogP contribution in [-0.4, -0.2) is 73.4 Å². The average Bonchev–Trinajstić information content (AvgIpc) is 2.99. The number of ether oxygens (including phenoxy) is 1. The lowest BCUT2D eigenvalue weighted by molar-refractivity contribution is -0.136. The molecule has 2 unspecified atom stereocenters. The van der Waals surface area contributed by atoms with Crippen LogP contribution in [-0.2, 0) is 25.7 Å². The molecule has 0 spiro atoms. The molecule has 7 N–H and O–H groups in total. The van der Waals surface area contributed by atoms with Crippen LogP contribution < -0.4 is 27.0 Å². The number of guanidine groups is 1. The Labute approximate surface area is 252 Å². The summed E-state index contributed by atoms with van der Waals surface area (Å²) in [4.78, 5) is 52.2. The highest BCUT2D eigenvalue weighted by Gasteiger charge is 2.26. The molecule has 0 aliphatic heterocycles. The monoisotopic (exact) mass is 593 g/mol. The third-order valence-corrected chi connectivity index (χ3v) is 6.42. The number of nitrogens with two attached hydrogens (primary N) is 1. The number of amides is 4. The van der Waals surface area contributed by atoms with Crippen molar-refractivity contribution in [1.29, 1.82) is 5.41 Å². The Bertz CT molecular complexity index is 1220. The van der Waals surface area contributed by atoms with Gasteiger partial charge in [-0.25, -0.2) is 4.79 Å². The van der Waals surface area contributed by atoms with Crippen LogP contribution in [0.5, 0.6) is 0 Å². The third kappa shape index (κ3) is 14.0. The minimum absolute atomic E-state index is 0.00550. The van der Waals surface area contributed by atoms with Crippen LogP contribution >= 0.6 is 0 Å². The topological polar surface area (TPSA) is 179 Å². The molecule has 0 saturated carbocycles. The lowest BCUT2D eigenvalue weighted by atomic mass is 10.0. The molecule has 2 atom stereocenters. The lowest BCUT2D eigenvalue weighted by Crippen LogP contribution is -2.52. The number of hydrogen-bond acceptors (Lipinski definition) is 6. The van der Waals surface area contributed by atoms with E-state index in [1.165, 1.54) is 18.0 Å². The molecule has 43 heavy (non-hydrogen) atoms. The number of nitrogens with one attached hydrogen (secondary N) is 5. The summed E-state index contributed by atoms with van der Waals surface area (Å²) in [7, 11) is 1.47. The van der Waals surface area contributed by atoms with E-state index >= 15 is 0 Å². The maximum Gasteiger partial charge on any atom is 0.408 e. The molecule has 0 aromatic heterocycles. The number of carbonyl (C=O) groups excluding carboxylic acids is 4. The van der Waals surface area contributed by atoms with Crippen molar-refractivity contribution in [1.82, 2.24) is 26.2 Å². The third-order valence-electron chi connectivity index (χ3n) is 6.42. The molecule has 12 heteroatoms. The molecule has 2 rings (SSSR count). The van der Waals surface area contributed by atoms with E-state index in [-0.39, 0.29) is 49.9 Å². The van der Waals surface area contributed by atoms with E-state index in [2.05, 4.69) is 21.3 Å². The van der Waals surface area contributed by atoms with E-state index < -0.39 is 23.9 Å². The normalized spacial score (nSPS) is 12.2. The van der Waals surface area contributed by atoms with Crippen LogP contribution in [0.1, 0.15) is 37.8 Å². The van der Waals surface area contributed by atoms with Gasteiger partial charge in [-0.15, -0.1) is 0 Å². The molecule has 12 nitrogen and oxygen atoms in total. The fourth-order valence-corrected chi connectivity index (χ4v) is 3.96. The first kappa shape index (κ1) is 34.3. The van der Waals surface area contributed by atoms with Gasteiger partial charge in [-0.1, -0.05) is 74.5 Å². The Morgan fingerprint density at radius 3 is 2.26 bits per heavy atom. The predicted octanol–water partition coefficient (Wildman–Crippen LogP) is 1.97. The van der Waals surface area contributed by atoms with Gasteiger partial charge < -0.3 is 36.6 Å². The highest BCUT2D eigenvalue weighted by molar-refractivity contribution is 5.92. The second-order valence-corrected chi connectivity index (χ2v) is 10.3. The van der Waals surface area contributed by atoms with Gasteiger partial charge in [0.05, 0.1) is 6.54 Å². The number of carbonyl (C=O) groups is 4. The summed E-state index contributed by atoms with van der Waals surface area (Å²) in [5, 5.41) is 18.2. The minimum Gasteiger partial charge on any atom is -0.445 e. The van der Waals surface area contributed by atoms with Crippen molar-refractivity contribution in [3.63, 3.8) is 0 Å². The summed E-state index contributed by atoms with van der Waals surface area (Å²) in [5.74, 6) is -1.37. The van der Waals surface area contributed by atoms with E-state index in [1.54, 1.807) is 6.08 Å². The van der Waals surface area contributed by atoms with Crippen molar-refractivity contribution < 1.29 is 23.9 Å². The Morgan fingerprint density at radius 1 is 0.977 bits per heavy atom. The van der Waals surface area contributed by atoms with Crippen molar-refractivity contribution in [2.75, 3.05) is 26.7 Å². The molecular weight excluding hydrogens is 550 g/mol. The van der Waals surface area contributed by atoms with Crippen molar-refractivity contribution in [3.8, 4) is 0 Å². The molecular formula is C31H43N7O5. The SMILES string of the molecule is CC(C)C(CNC(=O)/C=C/c1ccccc1)NC(=O)CN(C)C(=O)C(CCCNC(=N)N)NC(=O)OCc1ccccc1. The van der Waals surface area contributed by atoms with Gasteiger partial charge in [0, 0.05) is 32.3 Å². The summed E-state index contributed by atoms with van der Waals surface area (Å²) in [6.45, 7) is 4.15. The highest BCUT2D eigenvalue weighted by Crippen LogP contribution is 2.06. The maximum atomic E-state index is 13.3. The van der Waals surface area contributed by atoms with Gasteiger partial charge in [-0.05, 0) is 36.0 Å². The van der Waals surface area contributed by atoms with Crippen molar-refractivity contribution in [2.24, 2.45) is 11.7 Å². The van der Waals surface area contributed by atoms with E-state index in [0.29, 0.717) is 13.0 Å². The van der Waals surface area contributed by atoms with Gasteiger partial charge in [0.2, 0.25) is 17.7 Å². The van der Waals surface area contributed by atoms with Crippen LogP contribution in [0.15, 0.2) is 66.7 Å². The Hall–Kier alpha value is -4.87. The van der Waals surface area contributed by atoms with Crippen molar-refractivity contribution in [2.45, 2.75) is 45.4 Å². The highest BCUT2D eigenvalue weighted by atomic mass is 16.5. The molecule has 232 valence electrons. The van der Waals surface area contributed by atoms with Gasteiger partial charge in [0.1, 0.15) is 12.6 Å². The molecule has 0 heterocycles. The molecule has 2 aromatic carbocycles. The first-order valence-corrected chi connectivity index (χ1v) is 14.2. The summed E-state index contributed by atoms with van der Waals surface area (Å²) in [5.41, 5.74) is 7.01. The van der Waals surface area contributed by atoms with Gasteiger partial charge >= 0.3 is 6.09 Å². The van der Waals surface area contributed by atoms with E-state index in [1.807, 2.05) is 74.5 Å². The quantitative estimate of drug-likeness (QED) is 0.0745. The molecule has 0 saturated heterocycles. The van der Waals surface area contributed by atoms with Crippen LogP contribution in [0.4, 0.5) is 4.79 Å². The first-order valence-electron chi connectivity index (χ1n) is 14.2. The summed E-state index contributed by atoms with van der Waals surface area (Å²) < 4.78 is 5.27. The largest absolute Gasteiger partial charge is 0.445 e. The second-order valence-electron chi connectivity index (χ2n) is 10.3. The smallest absolute Gasteiger partial charge is 0.408 e. The summed E-state index contributed by atoms with van der Waals surface area (Å²) in [6, 6.07) is 17.2. The zero-order valence-corrected chi connectivity index (χ0v) is 25.0. The fraction of sp³-hybridized carbons (Fsp3) is 0.387. The number of hydrogen-bond donors (Lipinski definition) is 6. The zero-order chi connectivity index (χ0) is 31.6. The van der Waals surface area contributed by atoms with Crippen LogP contribution in [0, 0.1) is 11.3 Å². The maximum absolute atomic E-state index is 13.3. The van der Waals surface area contributed by atoms with Crippen LogP contribution in [0.25, 0.3) is 6.08 Å². The van der Waals surface area contributed by atoms with E-state index in [0.717, 1.165) is 11.1 Å². The zero-order valence-electron chi connectivity index (χ0n) is 25.0. The number of alkyl carbamates (subject to hydrolysis) is 1. The predicted molar refractivity (Wildman–Crippen MR) is 166 cm³/mol. The Kier molecular flexibility index (Phi) is 14.8. The summed E-state index contributed by atoms with van der Waals surface area (Å²) in [6.07, 6.45) is 3.02. The fourth-order valence-electron chi connectivity index (χ4n) is 3.96. The Morgan fingerprint density at radius 2 is 1.63 bits per heavy atom. The van der Waals surface area contributed by atoms with Gasteiger partial charge in [0.15, 0.2) is 5.96 Å². The average molecular weight is 594 g/mol. The molecule has 0 radical (unpaired) electrons. The van der Waals surface area contributed by atoms with Crippen molar-refractivity contribution >= 4 is 35.9 Å².